The lowest BCUT2D eigenvalue weighted by atomic mass is 10.1. The lowest BCUT2D eigenvalue weighted by Gasteiger charge is -2.22. The predicted octanol–water partition coefficient (Wildman–Crippen LogP) is -1.03. The van der Waals surface area contributed by atoms with E-state index >= 15 is 0 Å². The summed E-state index contributed by atoms with van der Waals surface area (Å²) < 4.78 is 15.5. The van der Waals surface area contributed by atoms with E-state index < -0.39 is 36.3 Å². The van der Waals surface area contributed by atoms with Crippen molar-refractivity contribution in [1.29, 1.82) is 0 Å². The number of aliphatic hydroxyl groups is 4. The molecule has 0 amide bonds. The zero-order chi connectivity index (χ0) is 16.6. The number of hydrogen-bond donors (Lipinski definition) is 4. The molecule has 4 N–H and O–H groups in total. The van der Waals surface area contributed by atoms with E-state index in [2.05, 4.69) is 0 Å². The van der Waals surface area contributed by atoms with Gasteiger partial charge in [-0.05, 0) is 18.2 Å². The average Bonchev–Trinajstić information content (AvgIpc) is 2.77. The summed E-state index contributed by atoms with van der Waals surface area (Å²) in [7, 11) is 0. The molecule has 1 aromatic heterocycles. The molecular weight excluding hydrogens is 308 g/mol. The van der Waals surface area contributed by atoms with Crippen LogP contribution in [0.15, 0.2) is 39.5 Å². The monoisotopic (exact) mass is 324 g/mol. The first kappa shape index (κ1) is 15.9. The summed E-state index contributed by atoms with van der Waals surface area (Å²) in [4.78, 5) is 11.2. The first-order valence-electron chi connectivity index (χ1n) is 6.97. The number of aliphatic hydroxyl groups excluding tert-OH is 3. The van der Waals surface area contributed by atoms with Gasteiger partial charge in [0.25, 0.3) is 0 Å². The van der Waals surface area contributed by atoms with E-state index in [9.17, 15) is 20.1 Å². The fourth-order valence-corrected chi connectivity index (χ4v) is 2.44. The minimum atomic E-state index is -2.22. The van der Waals surface area contributed by atoms with Gasteiger partial charge < -0.3 is 34.3 Å². The largest absolute Gasteiger partial charge is 0.491 e. The van der Waals surface area contributed by atoms with Crippen LogP contribution in [0.25, 0.3) is 11.0 Å². The predicted molar refractivity (Wildman–Crippen MR) is 76.9 cm³/mol. The Bertz CT molecular complexity index is 756. The zero-order valence-corrected chi connectivity index (χ0v) is 12.0. The molecule has 0 unspecified atom stereocenters. The molecule has 2 aromatic rings. The van der Waals surface area contributed by atoms with E-state index in [4.69, 9.17) is 19.0 Å². The van der Waals surface area contributed by atoms with Gasteiger partial charge in [-0.2, -0.15) is 0 Å². The molecule has 1 aliphatic rings. The molecule has 8 nitrogen and oxygen atoms in total. The normalized spacial score (nSPS) is 30.7. The van der Waals surface area contributed by atoms with Crippen LogP contribution in [0.5, 0.6) is 5.75 Å². The molecule has 4 atom stereocenters. The molecule has 1 saturated heterocycles. The van der Waals surface area contributed by atoms with Gasteiger partial charge in [0.2, 0.25) is 5.79 Å². The summed E-state index contributed by atoms with van der Waals surface area (Å²) in [5.41, 5.74) is -0.143. The van der Waals surface area contributed by atoms with Gasteiger partial charge in [-0.3, -0.25) is 0 Å². The van der Waals surface area contributed by atoms with Gasteiger partial charge in [-0.15, -0.1) is 0 Å². The highest BCUT2D eigenvalue weighted by atomic mass is 16.7. The molecule has 1 fully saturated rings. The van der Waals surface area contributed by atoms with Crippen LogP contribution in [0.2, 0.25) is 0 Å². The van der Waals surface area contributed by atoms with Crippen molar-refractivity contribution in [2.24, 2.45) is 0 Å². The first-order chi connectivity index (χ1) is 10.9. The maximum Gasteiger partial charge on any atom is 0.336 e. The van der Waals surface area contributed by atoms with Crippen LogP contribution in [0.3, 0.4) is 0 Å². The summed E-state index contributed by atoms with van der Waals surface area (Å²) in [5, 5.41) is 39.0. The second-order valence-electron chi connectivity index (χ2n) is 5.36. The minimum Gasteiger partial charge on any atom is -0.491 e. The van der Waals surface area contributed by atoms with Gasteiger partial charge >= 0.3 is 5.63 Å². The molecule has 0 bridgehead atoms. The van der Waals surface area contributed by atoms with Gasteiger partial charge in [-0.25, -0.2) is 4.79 Å². The Morgan fingerprint density at radius 2 is 1.96 bits per heavy atom. The summed E-state index contributed by atoms with van der Waals surface area (Å²) in [6, 6.07) is 7.76. The van der Waals surface area contributed by atoms with Crippen LogP contribution in [-0.4, -0.2) is 57.7 Å². The highest BCUT2D eigenvalue weighted by Crippen LogP contribution is 2.29. The van der Waals surface area contributed by atoms with Crippen molar-refractivity contribution in [3.63, 3.8) is 0 Å². The van der Waals surface area contributed by atoms with E-state index in [0.717, 1.165) is 5.39 Å². The number of ether oxygens (including phenoxy) is 2. The molecule has 124 valence electrons. The number of hydrogen-bond acceptors (Lipinski definition) is 8. The van der Waals surface area contributed by atoms with E-state index in [1.807, 2.05) is 0 Å². The Hall–Kier alpha value is -1.97. The Kier molecular flexibility index (Phi) is 4.09. The quantitative estimate of drug-likeness (QED) is 0.526. The minimum absolute atomic E-state index is 0.177. The van der Waals surface area contributed by atoms with Gasteiger partial charge in [0.1, 0.15) is 36.3 Å². The third-order valence-electron chi connectivity index (χ3n) is 3.76. The lowest BCUT2D eigenvalue weighted by Crippen LogP contribution is -2.46. The molecule has 1 aromatic carbocycles. The van der Waals surface area contributed by atoms with Crippen molar-refractivity contribution in [1.82, 2.24) is 0 Å². The van der Waals surface area contributed by atoms with Crippen molar-refractivity contribution >= 4 is 11.0 Å². The third kappa shape index (κ3) is 2.94. The SMILES string of the molecule is O=c1ccc2ccc(OC[C@H]3O[C@@](O)(CO)[C@@H](O)[C@@H]3O)cc2o1. The second kappa shape index (κ2) is 5.91. The molecular formula is C15H16O8. The van der Waals surface area contributed by atoms with Gasteiger partial charge in [0.15, 0.2) is 0 Å². The lowest BCUT2D eigenvalue weighted by molar-refractivity contribution is -0.247. The topological polar surface area (TPSA) is 130 Å². The van der Waals surface area contributed by atoms with Crippen LogP contribution in [-0.2, 0) is 4.74 Å². The standard InChI is InChI=1S/C15H16O8/c16-7-15(20)14(19)13(18)11(23-15)6-21-9-3-1-8-2-4-12(17)22-10(8)5-9/h1-5,11,13-14,16,18-20H,6-7H2/t11-,13-,14+,15+/m1/s1. The van der Waals surface area contributed by atoms with Crippen molar-refractivity contribution in [3.05, 3.63) is 40.8 Å². The smallest absolute Gasteiger partial charge is 0.336 e. The summed E-state index contributed by atoms with van der Waals surface area (Å²) in [5.74, 6) is -1.86. The number of benzene rings is 1. The van der Waals surface area contributed by atoms with E-state index in [-0.39, 0.29) is 6.61 Å². The molecule has 2 heterocycles. The summed E-state index contributed by atoms with van der Waals surface area (Å²) in [6.45, 7) is -1.04. The van der Waals surface area contributed by atoms with E-state index in [0.29, 0.717) is 11.3 Å². The van der Waals surface area contributed by atoms with Crippen LogP contribution >= 0.6 is 0 Å². The molecule has 0 spiro atoms. The summed E-state index contributed by atoms with van der Waals surface area (Å²) in [6.07, 6.45) is -4.08. The number of fused-ring (bicyclic) bond motifs is 1. The van der Waals surface area contributed by atoms with Gasteiger partial charge in [0.05, 0.1) is 6.61 Å². The fraction of sp³-hybridized carbons (Fsp3) is 0.400. The molecule has 8 heteroatoms. The molecule has 0 saturated carbocycles. The van der Waals surface area contributed by atoms with Crippen molar-refractivity contribution in [3.8, 4) is 5.75 Å². The second-order valence-corrected chi connectivity index (χ2v) is 5.36. The Morgan fingerprint density at radius 3 is 2.65 bits per heavy atom. The molecule has 1 aliphatic heterocycles. The van der Waals surface area contributed by atoms with Crippen LogP contribution in [0, 0.1) is 0 Å². The van der Waals surface area contributed by atoms with Crippen LogP contribution < -0.4 is 10.4 Å². The van der Waals surface area contributed by atoms with Crippen LogP contribution in [0.1, 0.15) is 0 Å². The van der Waals surface area contributed by atoms with E-state index in [1.54, 1.807) is 18.2 Å². The fourth-order valence-electron chi connectivity index (χ4n) is 2.44. The molecule has 0 radical (unpaired) electrons. The molecule has 23 heavy (non-hydrogen) atoms. The maximum absolute atomic E-state index is 11.2. The zero-order valence-electron chi connectivity index (χ0n) is 12.0. The Balaban J connectivity index is 1.72. The highest BCUT2D eigenvalue weighted by molar-refractivity contribution is 5.77. The highest BCUT2D eigenvalue weighted by Gasteiger charge is 2.53. The van der Waals surface area contributed by atoms with E-state index in [1.165, 1.54) is 12.1 Å². The third-order valence-corrected chi connectivity index (χ3v) is 3.76. The molecule has 0 aliphatic carbocycles. The average molecular weight is 324 g/mol. The van der Waals surface area contributed by atoms with Crippen molar-refractivity contribution in [2.45, 2.75) is 24.1 Å². The maximum atomic E-state index is 11.2. The van der Waals surface area contributed by atoms with Crippen molar-refractivity contribution in [2.75, 3.05) is 13.2 Å². The Labute approximate surface area is 130 Å². The van der Waals surface area contributed by atoms with Gasteiger partial charge in [0, 0.05) is 17.5 Å². The summed E-state index contributed by atoms with van der Waals surface area (Å²) >= 11 is 0. The Morgan fingerprint density at radius 1 is 1.22 bits per heavy atom. The van der Waals surface area contributed by atoms with Crippen molar-refractivity contribution < 1.29 is 34.3 Å². The molecule has 3 rings (SSSR count). The first-order valence-corrected chi connectivity index (χ1v) is 6.97. The number of rotatable bonds is 4. The van der Waals surface area contributed by atoms with Crippen LogP contribution in [0.4, 0.5) is 0 Å². The van der Waals surface area contributed by atoms with Gasteiger partial charge in [-0.1, -0.05) is 0 Å².